The molecule has 0 aromatic carbocycles. The number of rotatable bonds is 3. The van der Waals surface area contributed by atoms with Gasteiger partial charge in [-0.1, -0.05) is 0 Å². The van der Waals surface area contributed by atoms with E-state index in [0.29, 0.717) is 0 Å². The predicted octanol–water partition coefficient (Wildman–Crippen LogP) is -1.08. The van der Waals surface area contributed by atoms with Crippen LogP contribution in [0.1, 0.15) is 26.7 Å². The zero-order valence-electron chi connectivity index (χ0n) is 11.9. The zero-order valence-corrected chi connectivity index (χ0v) is 13.6. The largest absolute Gasteiger partial charge is 0.400 e. The van der Waals surface area contributed by atoms with Gasteiger partial charge >= 0.3 is 20.7 Å². The third kappa shape index (κ3) is 3.01. The normalized spacial score (nSPS) is 42.8. The van der Waals surface area contributed by atoms with Crippen molar-refractivity contribution in [3.8, 4) is 0 Å². The lowest BCUT2D eigenvalue weighted by Crippen LogP contribution is -2.57. The van der Waals surface area contributed by atoms with Gasteiger partial charge in [0.1, 0.15) is 23.9 Å². The summed E-state index contributed by atoms with van der Waals surface area (Å²) in [7, 11) is -8.27. The molecule has 10 nitrogen and oxygen atoms in total. The summed E-state index contributed by atoms with van der Waals surface area (Å²) in [5, 5.41) is 4.85. The average molecular weight is 359 g/mol. The quantitative estimate of drug-likeness (QED) is 0.666. The van der Waals surface area contributed by atoms with Crippen LogP contribution in [0.4, 0.5) is 0 Å². The van der Waals surface area contributed by atoms with Gasteiger partial charge in [-0.25, -0.2) is 13.5 Å². The van der Waals surface area contributed by atoms with Crippen molar-refractivity contribution in [2.45, 2.75) is 56.4 Å². The molecule has 2 N–H and O–H groups in total. The smallest absolute Gasteiger partial charge is 0.341 e. The van der Waals surface area contributed by atoms with Gasteiger partial charge in [-0.3, -0.25) is 4.18 Å². The van der Waals surface area contributed by atoms with E-state index in [2.05, 4.69) is 4.18 Å². The third-order valence-electron chi connectivity index (χ3n) is 3.83. The Morgan fingerprint density at radius 3 is 2.64 bits per heavy atom. The van der Waals surface area contributed by atoms with E-state index in [1.54, 1.807) is 13.8 Å². The van der Waals surface area contributed by atoms with Crippen molar-refractivity contribution in [1.29, 1.82) is 0 Å². The Balaban J connectivity index is 1.90. The predicted molar refractivity (Wildman–Crippen MR) is 69.7 cm³/mol. The summed E-state index contributed by atoms with van der Waals surface area (Å²) in [6, 6.07) is 0. The Morgan fingerprint density at radius 1 is 1.32 bits per heavy atom. The standard InChI is InChI=1S/C10H17NO9S2/c1-9(2)17-8-7-6(18-22(14,15)19-7)3-4-10(8,20-9)5-16-21(11,12)13/h6-8H,3-5H2,1-2H3,(H2,11,12,13)/t6-,7-,8+,10+/m1/s1. The fourth-order valence-corrected chi connectivity index (χ4v) is 4.60. The van der Waals surface area contributed by atoms with Crippen LogP contribution in [-0.4, -0.2) is 53.1 Å². The summed E-state index contributed by atoms with van der Waals surface area (Å²) < 4.78 is 71.1. The first-order valence-corrected chi connectivity index (χ1v) is 9.39. The minimum Gasteiger partial charge on any atom is -0.341 e. The van der Waals surface area contributed by atoms with Crippen LogP contribution < -0.4 is 5.14 Å². The Morgan fingerprint density at radius 2 is 2.00 bits per heavy atom. The second kappa shape index (κ2) is 4.83. The molecule has 128 valence electrons. The van der Waals surface area contributed by atoms with Gasteiger partial charge in [0, 0.05) is 0 Å². The molecule has 0 spiro atoms. The molecule has 0 aromatic rings. The molecule has 3 rings (SSSR count). The zero-order chi connectivity index (χ0) is 16.4. The number of hydrogen-bond donors (Lipinski definition) is 1. The third-order valence-corrected chi connectivity index (χ3v) is 5.22. The Bertz CT molecular complexity index is 673. The second-order valence-corrected chi connectivity index (χ2v) is 8.43. The molecule has 1 saturated carbocycles. The van der Waals surface area contributed by atoms with Crippen molar-refractivity contribution in [1.82, 2.24) is 0 Å². The first-order chi connectivity index (χ1) is 9.92. The van der Waals surface area contributed by atoms with Crippen LogP contribution in [0.25, 0.3) is 0 Å². The van der Waals surface area contributed by atoms with Crippen LogP contribution in [0.2, 0.25) is 0 Å². The van der Waals surface area contributed by atoms with Crippen molar-refractivity contribution >= 4 is 20.7 Å². The van der Waals surface area contributed by atoms with E-state index >= 15 is 0 Å². The first-order valence-electron chi connectivity index (χ1n) is 6.58. The molecule has 2 aliphatic heterocycles. The maximum atomic E-state index is 11.5. The SMILES string of the molecule is CC1(C)O[C@H]2[C@@H]3OS(=O)(=O)O[C@@H]3CC[C@@]2(COS(N)(=O)=O)O1. The number of nitrogens with two attached hydrogens (primary N) is 1. The first kappa shape index (κ1) is 16.5. The second-order valence-electron chi connectivity index (χ2n) is 6.00. The van der Waals surface area contributed by atoms with E-state index in [-0.39, 0.29) is 12.8 Å². The topological polar surface area (TPSA) is 140 Å². The van der Waals surface area contributed by atoms with Crippen molar-refractivity contribution in [3.63, 3.8) is 0 Å². The summed E-state index contributed by atoms with van der Waals surface area (Å²) >= 11 is 0. The molecule has 3 aliphatic rings. The Kier molecular flexibility index (Phi) is 3.63. The molecule has 0 unspecified atom stereocenters. The van der Waals surface area contributed by atoms with E-state index in [1.807, 2.05) is 0 Å². The van der Waals surface area contributed by atoms with Crippen molar-refractivity contribution in [3.05, 3.63) is 0 Å². The summed E-state index contributed by atoms with van der Waals surface area (Å²) in [5.41, 5.74) is -1.18. The highest BCUT2D eigenvalue weighted by Crippen LogP contribution is 2.49. The Labute approximate surface area is 128 Å². The van der Waals surface area contributed by atoms with Gasteiger partial charge in [0.25, 0.3) is 0 Å². The lowest BCUT2D eigenvalue weighted by Gasteiger charge is -2.39. The van der Waals surface area contributed by atoms with Gasteiger partial charge in [0.05, 0.1) is 6.61 Å². The molecule has 0 radical (unpaired) electrons. The van der Waals surface area contributed by atoms with Crippen molar-refractivity contribution < 1.29 is 38.9 Å². The summed E-state index contributed by atoms with van der Waals surface area (Å²) in [5.74, 6) is -1.06. The summed E-state index contributed by atoms with van der Waals surface area (Å²) in [6.07, 6.45) is -1.93. The van der Waals surface area contributed by atoms with E-state index in [4.69, 9.17) is 23.0 Å². The van der Waals surface area contributed by atoms with Crippen LogP contribution in [0.5, 0.6) is 0 Å². The van der Waals surface area contributed by atoms with Crippen LogP contribution in [-0.2, 0) is 42.7 Å². The molecular formula is C10H17NO9S2. The highest BCUT2D eigenvalue weighted by Gasteiger charge is 2.64. The van der Waals surface area contributed by atoms with Gasteiger partial charge in [-0.05, 0) is 26.7 Å². The number of hydrogen-bond acceptors (Lipinski definition) is 9. The van der Waals surface area contributed by atoms with Gasteiger partial charge < -0.3 is 9.47 Å². The van der Waals surface area contributed by atoms with Crippen molar-refractivity contribution in [2.75, 3.05) is 6.61 Å². The van der Waals surface area contributed by atoms with Gasteiger partial charge in [-0.2, -0.15) is 16.8 Å². The fourth-order valence-electron chi connectivity index (χ4n) is 3.18. The summed E-state index contributed by atoms with van der Waals surface area (Å²) in [6.45, 7) is 2.86. The monoisotopic (exact) mass is 359 g/mol. The Hall–Kier alpha value is -0.340. The van der Waals surface area contributed by atoms with E-state index in [0.717, 1.165) is 0 Å². The number of ether oxygens (including phenoxy) is 2. The molecule has 4 atom stereocenters. The van der Waals surface area contributed by atoms with E-state index < -0.39 is 57.0 Å². The van der Waals surface area contributed by atoms with E-state index in [9.17, 15) is 16.8 Å². The van der Waals surface area contributed by atoms with Gasteiger partial charge in [0.15, 0.2) is 5.79 Å². The van der Waals surface area contributed by atoms with Crippen LogP contribution >= 0.6 is 0 Å². The molecule has 12 heteroatoms. The van der Waals surface area contributed by atoms with Crippen molar-refractivity contribution in [2.24, 2.45) is 5.14 Å². The molecule has 1 aliphatic carbocycles. The van der Waals surface area contributed by atoms with Crippen LogP contribution in [0.15, 0.2) is 0 Å². The highest BCUT2D eigenvalue weighted by atomic mass is 32.3. The van der Waals surface area contributed by atoms with Crippen LogP contribution in [0.3, 0.4) is 0 Å². The van der Waals surface area contributed by atoms with Gasteiger partial charge in [0.2, 0.25) is 0 Å². The molecule has 0 aromatic heterocycles. The van der Waals surface area contributed by atoms with Crippen LogP contribution in [0, 0.1) is 0 Å². The molecule has 2 saturated heterocycles. The molecule has 0 amide bonds. The molecular weight excluding hydrogens is 342 g/mol. The molecule has 22 heavy (non-hydrogen) atoms. The minimum absolute atomic E-state index is 0.274. The average Bonchev–Trinajstić information content (AvgIpc) is 2.78. The highest BCUT2D eigenvalue weighted by molar-refractivity contribution is 7.84. The minimum atomic E-state index is -4.18. The maximum absolute atomic E-state index is 11.5. The summed E-state index contributed by atoms with van der Waals surface area (Å²) in [4.78, 5) is 0. The lowest BCUT2D eigenvalue weighted by atomic mass is 9.79. The van der Waals surface area contributed by atoms with E-state index in [1.165, 1.54) is 0 Å². The lowest BCUT2D eigenvalue weighted by molar-refractivity contribution is -0.169. The fraction of sp³-hybridized carbons (Fsp3) is 1.00. The molecule has 2 heterocycles. The number of fused-ring (bicyclic) bond motifs is 3. The van der Waals surface area contributed by atoms with Gasteiger partial charge in [-0.15, -0.1) is 0 Å². The maximum Gasteiger partial charge on any atom is 0.400 e. The molecule has 0 bridgehead atoms. The molecule has 3 fully saturated rings.